The van der Waals surface area contributed by atoms with Crippen molar-refractivity contribution in [2.75, 3.05) is 5.32 Å². The van der Waals surface area contributed by atoms with Crippen LogP contribution < -0.4 is 5.32 Å². The van der Waals surface area contributed by atoms with Crippen LogP contribution in [0.2, 0.25) is 0 Å². The standard InChI is InChI=1S/C19H17BrF3N5O/c20-16-17(19(22)23)26-28(18(16)11-5-6-11)10-15(29)25-13-7-24-27(9-13)8-12-3-1-2-4-14(12)21/h1-4,7,9,11,19H,5-6,8,10H2,(H,25,29). The van der Waals surface area contributed by atoms with Gasteiger partial charge in [0.15, 0.2) is 0 Å². The Morgan fingerprint density at radius 2 is 2.07 bits per heavy atom. The zero-order valence-electron chi connectivity index (χ0n) is 15.2. The zero-order chi connectivity index (χ0) is 20.5. The minimum atomic E-state index is -2.72. The number of amides is 1. The van der Waals surface area contributed by atoms with Crippen LogP contribution in [0.1, 0.15) is 42.1 Å². The van der Waals surface area contributed by atoms with Gasteiger partial charge in [-0.15, -0.1) is 0 Å². The molecule has 0 aliphatic heterocycles. The Morgan fingerprint density at radius 3 is 2.76 bits per heavy atom. The molecule has 152 valence electrons. The summed E-state index contributed by atoms with van der Waals surface area (Å²) >= 11 is 3.20. The molecule has 1 amide bonds. The molecule has 1 fully saturated rings. The number of aromatic nitrogens is 4. The van der Waals surface area contributed by atoms with Crippen LogP contribution in [-0.2, 0) is 17.9 Å². The SMILES string of the molecule is O=C(Cn1nc(C(F)F)c(Br)c1C1CC1)Nc1cnn(Cc2ccccc2F)c1. The molecule has 2 heterocycles. The number of alkyl halides is 2. The highest BCUT2D eigenvalue weighted by Gasteiger charge is 2.34. The third kappa shape index (κ3) is 4.36. The van der Waals surface area contributed by atoms with Gasteiger partial charge in [-0.1, -0.05) is 18.2 Å². The number of hydrogen-bond acceptors (Lipinski definition) is 3. The highest BCUT2D eigenvalue weighted by molar-refractivity contribution is 9.10. The Kier molecular flexibility index (Phi) is 5.44. The lowest BCUT2D eigenvalue weighted by Crippen LogP contribution is -2.20. The van der Waals surface area contributed by atoms with E-state index in [1.807, 2.05) is 0 Å². The molecule has 1 aromatic carbocycles. The number of anilines is 1. The minimum Gasteiger partial charge on any atom is -0.322 e. The molecule has 1 saturated carbocycles. The van der Waals surface area contributed by atoms with Crippen molar-refractivity contribution in [1.29, 1.82) is 0 Å². The highest BCUT2D eigenvalue weighted by atomic mass is 79.9. The van der Waals surface area contributed by atoms with Crippen molar-refractivity contribution in [2.24, 2.45) is 0 Å². The molecule has 0 bridgehead atoms. The Bertz CT molecular complexity index is 1040. The fourth-order valence-corrected chi connectivity index (χ4v) is 3.91. The van der Waals surface area contributed by atoms with Crippen LogP contribution in [0, 0.1) is 5.82 Å². The summed E-state index contributed by atoms with van der Waals surface area (Å²) in [5.41, 5.74) is 1.19. The second kappa shape index (κ2) is 8.02. The van der Waals surface area contributed by atoms with Gasteiger partial charge in [0, 0.05) is 17.7 Å². The van der Waals surface area contributed by atoms with Gasteiger partial charge in [-0.05, 0) is 34.8 Å². The summed E-state index contributed by atoms with van der Waals surface area (Å²) in [6.07, 6.45) is 2.08. The topological polar surface area (TPSA) is 64.7 Å². The van der Waals surface area contributed by atoms with E-state index in [1.165, 1.54) is 21.6 Å². The summed E-state index contributed by atoms with van der Waals surface area (Å²) in [7, 11) is 0. The average Bonchev–Trinajstić information content (AvgIpc) is 3.32. The maximum absolute atomic E-state index is 13.8. The van der Waals surface area contributed by atoms with Crippen LogP contribution >= 0.6 is 15.9 Å². The van der Waals surface area contributed by atoms with E-state index >= 15 is 0 Å². The maximum atomic E-state index is 13.8. The van der Waals surface area contributed by atoms with Crippen LogP contribution in [0.4, 0.5) is 18.9 Å². The maximum Gasteiger partial charge on any atom is 0.283 e. The van der Waals surface area contributed by atoms with Gasteiger partial charge >= 0.3 is 0 Å². The van der Waals surface area contributed by atoms with Crippen molar-refractivity contribution in [3.05, 3.63) is 63.9 Å². The number of carbonyl (C=O) groups is 1. The second-order valence-electron chi connectivity index (χ2n) is 6.88. The number of benzene rings is 1. The van der Waals surface area contributed by atoms with Gasteiger partial charge < -0.3 is 5.32 Å². The summed E-state index contributed by atoms with van der Waals surface area (Å²) in [5, 5.41) is 10.7. The van der Waals surface area contributed by atoms with Crippen molar-refractivity contribution in [2.45, 2.75) is 38.3 Å². The quantitative estimate of drug-likeness (QED) is 0.556. The average molecular weight is 468 g/mol. The van der Waals surface area contributed by atoms with Gasteiger partial charge in [0.2, 0.25) is 5.91 Å². The second-order valence-corrected chi connectivity index (χ2v) is 7.68. The zero-order valence-corrected chi connectivity index (χ0v) is 16.7. The van der Waals surface area contributed by atoms with Gasteiger partial charge in [0.05, 0.1) is 28.6 Å². The van der Waals surface area contributed by atoms with Gasteiger partial charge in [0.1, 0.15) is 18.1 Å². The molecule has 3 aromatic rings. The summed E-state index contributed by atoms with van der Waals surface area (Å²) in [5.74, 6) is -0.603. The van der Waals surface area contributed by atoms with E-state index < -0.39 is 12.3 Å². The Hall–Kier alpha value is -2.62. The molecule has 0 atom stereocenters. The van der Waals surface area contributed by atoms with Crippen LogP contribution in [-0.4, -0.2) is 25.5 Å². The molecular weight excluding hydrogens is 451 g/mol. The van der Waals surface area contributed by atoms with E-state index in [0.717, 1.165) is 12.8 Å². The number of nitrogens with one attached hydrogen (secondary N) is 1. The first-order valence-corrected chi connectivity index (χ1v) is 9.81. The Balaban J connectivity index is 1.44. The molecule has 4 rings (SSSR count). The molecule has 1 N–H and O–H groups in total. The molecule has 1 aliphatic rings. The van der Waals surface area contributed by atoms with E-state index in [-0.39, 0.29) is 35.0 Å². The van der Waals surface area contributed by atoms with Gasteiger partial charge in [0.25, 0.3) is 6.43 Å². The predicted octanol–water partition coefficient (Wildman–Crippen LogP) is 4.48. The van der Waals surface area contributed by atoms with Gasteiger partial charge in [-0.2, -0.15) is 10.2 Å². The van der Waals surface area contributed by atoms with Crippen molar-refractivity contribution in [3.8, 4) is 0 Å². The van der Waals surface area contributed by atoms with Crippen molar-refractivity contribution < 1.29 is 18.0 Å². The monoisotopic (exact) mass is 467 g/mol. The third-order valence-electron chi connectivity index (χ3n) is 4.63. The molecule has 29 heavy (non-hydrogen) atoms. The van der Waals surface area contributed by atoms with Crippen LogP contribution in [0.3, 0.4) is 0 Å². The van der Waals surface area contributed by atoms with E-state index in [1.54, 1.807) is 24.4 Å². The molecule has 0 saturated heterocycles. The first-order chi connectivity index (χ1) is 13.9. The molecular formula is C19H17BrF3N5O. The smallest absolute Gasteiger partial charge is 0.283 e. The Morgan fingerprint density at radius 1 is 1.31 bits per heavy atom. The van der Waals surface area contributed by atoms with E-state index in [0.29, 0.717) is 16.9 Å². The van der Waals surface area contributed by atoms with E-state index in [9.17, 15) is 18.0 Å². The first-order valence-electron chi connectivity index (χ1n) is 9.02. The lowest BCUT2D eigenvalue weighted by atomic mass is 10.2. The summed E-state index contributed by atoms with van der Waals surface area (Å²) in [6.45, 7) is 0.0356. The number of halogens is 4. The molecule has 10 heteroatoms. The molecule has 0 radical (unpaired) electrons. The number of nitrogens with zero attached hydrogens (tertiary/aromatic N) is 4. The third-order valence-corrected chi connectivity index (χ3v) is 5.44. The Labute approximate surface area is 172 Å². The highest BCUT2D eigenvalue weighted by Crippen LogP contribution is 2.45. The van der Waals surface area contributed by atoms with Crippen molar-refractivity contribution >= 4 is 27.5 Å². The van der Waals surface area contributed by atoms with Gasteiger partial charge in [-0.3, -0.25) is 14.2 Å². The van der Waals surface area contributed by atoms with Crippen molar-refractivity contribution in [3.63, 3.8) is 0 Å². The first kappa shape index (κ1) is 19.7. The number of rotatable bonds is 7. The summed E-state index contributed by atoms with van der Waals surface area (Å²) in [4.78, 5) is 12.4. The molecule has 0 unspecified atom stereocenters. The largest absolute Gasteiger partial charge is 0.322 e. The molecule has 1 aliphatic carbocycles. The normalized spacial score (nSPS) is 13.8. The fraction of sp³-hybridized carbons (Fsp3) is 0.316. The van der Waals surface area contributed by atoms with Crippen LogP contribution in [0.5, 0.6) is 0 Å². The molecule has 2 aromatic heterocycles. The molecule has 6 nitrogen and oxygen atoms in total. The van der Waals surface area contributed by atoms with Crippen molar-refractivity contribution in [1.82, 2.24) is 19.6 Å². The van der Waals surface area contributed by atoms with Crippen LogP contribution in [0.15, 0.2) is 41.1 Å². The van der Waals surface area contributed by atoms with E-state index in [2.05, 4.69) is 31.4 Å². The van der Waals surface area contributed by atoms with Gasteiger partial charge in [-0.25, -0.2) is 13.2 Å². The fourth-order valence-electron chi connectivity index (χ4n) is 3.13. The lowest BCUT2D eigenvalue weighted by molar-refractivity contribution is -0.117. The summed E-state index contributed by atoms with van der Waals surface area (Å²) < 4.78 is 43.2. The summed E-state index contributed by atoms with van der Waals surface area (Å²) in [6, 6.07) is 6.37. The lowest BCUT2D eigenvalue weighted by Gasteiger charge is -2.07. The number of carbonyl (C=O) groups excluding carboxylic acids is 1. The minimum absolute atomic E-state index is 0.140. The van der Waals surface area contributed by atoms with E-state index in [4.69, 9.17) is 0 Å². The van der Waals surface area contributed by atoms with Crippen LogP contribution in [0.25, 0.3) is 0 Å². The number of hydrogen-bond donors (Lipinski definition) is 1. The molecule has 0 spiro atoms. The predicted molar refractivity (Wildman–Crippen MR) is 103 cm³/mol.